The largest absolute Gasteiger partial charge is 0.423 e. The van der Waals surface area contributed by atoms with Gasteiger partial charge in [0.1, 0.15) is 0 Å². The number of nitrogens with zero attached hydrogens (tertiary/aromatic N) is 1. The van der Waals surface area contributed by atoms with E-state index in [0.29, 0.717) is 26.2 Å². The molecule has 1 rings (SSSR count). The van der Waals surface area contributed by atoms with Crippen LogP contribution in [0, 0.1) is 0 Å². The Balaban J connectivity index is 2.38. The summed E-state index contributed by atoms with van der Waals surface area (Å²) in [6, 6.07) is 0. The first-order valence-electron chi connectivity index (χ1n) is 5.39. The van der Waals surface area contributed by atoms with Crippen molar-refractivity contribution in [3.05, 3.63) is 0 Å². The van der Waals surface area contributed by atoms with E-state index in [0.717, 1.165) is 0 Å². The number of rotatable bonds is 4. The standard InChI is InChI=1S/C9H14F6N2O/c10-8(11,12)7(9(13,14)15)18-6-5-17-3-1-16-2-4-17/h7,16H,1-6H2. The van der Waals surface area contributed by atoms with Gasteiger partial charge in [0.2, 0.25) is 6.10 Å². The van der Waals surface area contributed by atoms with E-state index in [4.69, 9.17) is 0 Å². The normalized spacial score (nSPS) is 19.5. The van der Waals surface area contributed by atoms with Crippen molar-refractivity contribution in [3.63, 3.8) is 0 Å². The Hall–Kier alpha value is -0.540. The molecule has 1 fully saturated rings. The molecule has 1 heterocycles. The third-order valence-electron chi connectivity index (χ3n) is 2.50. The van der Waals surface area contributed by atoms with Crippen LogP contribution in [-0.4, -0.2) is 62.7 Å². The number of hydrogen-bond acceptors (Lipinski definition) is 3. The van der Waals surface area contributed by atoms with E-state index in [-0.39, 0.29) is 6.54 Å². The monoisotopic (exact) mass is 280 g/mol. The summed E-state index contributed by atoms with van der Waals surface area (Å²) >= 11 is 0. The second-order valence-electron chi connectivity index (χ2n) is 3.93. The maximum absolute atomic E-state index is 12.1. The van der Waals surface area contributed by atoms with Crippen LogP contribution in [0.2, 0.25) is 0 Å². The topological polar surface area (TPSA) is 24.5 Å². The molecule has 0 amide bonds. The molecule has 0 spiro atoms. The molecular formula is C9H14F6N2O. The molecule has 0 unspecified atom stereocenters. The summed E-state index contributed by atoms with van der Waals surface area (Å²) in [7, 11) is 0. The van der Waals surface area contributed by atoms with Crippen molar-refractivity contribution in [2.45, 2.75) is 18.5 Å². The van der Waals surface area contributed by atoms with Crippen LogP contribution in [0.1, 0.15) is 0 Å². The third-order valence-corrected chi connectivity index (χ3v) is 2.50. The van der Waals surface area contributed by atoms with Crippen LogP contribution in [0.15, 0.2) is 0 Å². The van der Waals surface area contributed by atoms with Gasteiger partial charge in [0, 0.05) is 32.7 Å². The van der Waals surface area contributed by atoms with E-state index in [1.54, 1.807) is 4.90 Å². The lowest BCUT2D eigenvalue weighted by Gasteiger charge is -2.28. The van der Waals surface area contributed by atoms with E-state index in [1.807, 2.05) is 0 Å². The van der Waals surface area contributed by atoms with Crippen LogP contribution < -0.4 is 5.32 Å². The number of hydrogen-bond donors (Lipinski definition) is 1. The summed E-state index contributed by atoms with van der Waals surface area (Å²) in [5.41, 5.74) is 0. The second-order valence-corrected chi connectivity index (χ2v) is 3.93. The lowest BCUT2D eigenvalue weighted by Crippen LogP contribution is -2.47. The second kappa shape index (κ2) is 6.07. The fourth-order valence-corrected chi connectivity index (χ4v) is 1.61. The predicted molar refractivity (Wildman–Crippen MR) is 51.2 cm³/mol. The van der Waals surface area contributed by atoms with Crippen LogP contribution in [0.5, 0.6) is 0 Å². The van der Waals surface area contributed by atoms with Gasteiger partial charge >= 0.3 is 12.4 Å². The summed E-state index contributed by atoms with van der Waals surface area (Å²) in [5, 5.41) is 3.02. The van der Waals surface area contributed by atoms with Gasteiger partial charge in [-0.1, -0.05) is 0 Å². The number of alkyl halides is 6. The molecule has 0 aromatic carbocycles. The number of piperazine rings is 1. The fraction of sp³-hybridized carbons (Fsp3) is 1.00. The summed E-state index contributed by atoms with van der Waals surface area (Å²) in [6.45, 7) is 1.98. The Bertz CT molecular complexity index is 234. The molecule has 1 saturated heterocycles. The van der Waals surface area contributed by atoms with Crippen LogP contribution in [0.3, 0.4) is 0 Å². The van der Waals surface area contributed by atoms with Crippen molar-refractivity contribution < 1.29 is 31.1 Å². The predicted octanol–water partition coefficient (Wildman–Crippen LogP) is 1.40. The molecular weight excluding hydrogens is 266 g/mol. The lowest BCUT2D eigenvalue weighted by atomic mass is 10.3. The molecule has 1 aliphatic heterocycles. The molecule has 0 aromatic heterocycles. The van der Waals surface area contributed by atoms with Gasteiger partial charge < -0.3 is 10.1 Å². The minimum absolute atomic E-state index is 0.0599. The average Bonchev–Trinajstić information content (AvgIpc) is 2.22. The molecule has 108 valence electrons. The first-order chi connectivity index (χ1) is 8.21. The van der Waals surface area contributed by atoms with Crippen molar-refractivity contribution in [1.29, 1.82) is 0 Å². The van der Waals surface area contributed by atoms with Crippen molar-refractivity contribution in [1.82, 2.24) is 10.2 Å². The first kappa shape index (κ1) is 15.5. The zero-order chi connectivity index (χ0) is 13.8. The summed E-state index contributed by atoms with van der Waals surface area (Å²) < 4.78 is 76.6. The highest BCUT2D eigenvalue weighted by molar-refractivity contribution is 4.76. The highest BCUT2D eigenvalue weighted by Gasteiger charge is 2.57. The van der Waals surface area contributed by atoms with Crippen molar-refractivity contribution in [3.8, 4) is 0 Å². The van der Waals surface area contributed by atoms with Crippen LogP contribution >= 0.6 is 0 Å². The molecule has 3 nitrogen and oxygen atoms in total. The molecule has 0 aliphatic carbocycles. The molecule has 0 saturated carbocycles. The van der Waals surface area contributed by atoms with Gasteiger partial charge in [-0.3, -0.25) is 4.90 Å². The molecule has 1 N–H and O–H groups in total. The third kappa shape index (κ3) is 4.99. The van der Waals surface area contributed by atoms with E-state index in [1.165, 1.54) is 0 Å². The smallest absolute Gasteiger partial charge is 0.360 e. The Morgan fingerprint density at radius 2 is 1.50 bits per heavy atom. The van der Waals surface area contributed by atoms with Crippen LogP contribution in [0.25, 0.3) is 0 Å². The average molecular weight is 280 g/mol. The quantitative estimate of drug-likeness (QED) is 0.788. The summed E-state index contributed by atoms with van der Waals surface area (Å²) in [4.78, 5) is 1.75. The number of ether oxygens (including phenoxy) is 1. The van der Waals surface area contributed by atoms with Crippen molar-refractivity contribution in [2.75, 3.05) is 39.3 Å². The van der Waals surface area contributed by atoms with Crippen LogP contribution in [-0.2, 0) is 4.74 Å². The van der Waals surface area contributed by atoms with E-state index < -0.39 is 25.1 Å². The highest BCUT2D eigenvalue weighted by Crippen LogP contribution is 2.35. The molecule has 0 radical (unpaired) electrons. The van der Waals surface area contributed by atoms with E-state index >= 15 is 0 Å². The zero-order valence-corrected chi connectivity index (χ0v) is 9.44. The SMILES string of the molecule is FC(F)(F)C(OCCN1CCNCC1)C(F)(F)F. The van der Waals surface area contributed by atoms with Gasteiger partial charge in [-0.15, -0.1) is 0 Å². The fourth-order valence-electron chi connectivity index (χ4n) is 1.61. The van der Waals surface area contributed by atoms with Crippen LogP contribution in [0.4, 0.5) is 26.3 Å². The lowest BCUT2D eigenvalue weighted by molar-refractivity contribution is -0.322. The summed E-state index contributed by atoms with van der Waals surface area (Å²) in [5.74, 6) is 0. The van der Waals surface area contributed by atoms with Gasteiger partial charge in [0.05, 0.1) is 6.61 Å². The zero-order valence-electron chi connectivity index (χ0n) is 9.44. The minimum Gasteiger partial charge on any atom is -0.360 e. The van der Waals surface area contributed by atoms with Gasteiger partial charge in [0.15, 0.2) is 0 Å². The molecule has 1 aliphatic rings. The molecule has 0 aromatic rings. The molecule has 9 heteroatoms. The van der Waals surface area contributed by atoms with Gasteiger partial charge in [-0.2, -0.15) is 26.3 Å². The van der Waals surface area contributed by atoms with E-state index in [2.05, 4.69) is 10.1 Å². The Morgan fingerprint density at radius 1 is 1.00 bits per heavy atom. The van der Waals surface area contributed by atoms with Crippen molar-refractivity contribution in [2.24, 2.45) is 0 Å². The van der Waals surface area contributed by atoms with Gasteiger partial charge in [-0.25, -0.2) is 0 Å². The summed E-state index contributed by atoms with van der Waals surface area (Å²) in [6.07, 6.45) is -14.6. The van der Waals surface area contributed by atoms with Crippen molar-refractivity contribution >= 4 is 0 Å². The molecule has 0 bridgehead atoms. The van der Waals surface area contributed by atoms with E-state index in [9.17, 15) is 26.3 Å². The van der Waals surface area contributed by atoms with Gasteiger partial charge in [-0.05, 0) is 0 Å². The number of nitrogens with one attached hydrogen (secondary N) is 1. The number of halogens is 6. The Kier molecular flexibility index (Phi) is 5.23. The van der Waals surface area contributed by atoms with Gasteiger partial charge in [0.25, 0.3) is 0 Å². The molecule has 18 heavy (non-hydrogen) atoms. The molecule has 0 atom stereocenters. The maximum Gasteiger partial charge on any atom is 0.423 e. The Labute approximate surface area is 100 Å². The Morgan fingerprint density at radius 3 is 1.94 bits per heavy atom. The minimum atomic E-state index is -5.43. The first-order valence-corrected chi connectivity index (χ1v) is 5.39. The highest BCUT2D eigenvalue weighted by atomic mass is 19.4. The maximum atomic E-state index is 12.1.